The summed E-state index contributed by atoms with van der Waals surface area (Å²) in [6, 6.07) is 7.17. The molecule has 0 bridgehead atoms. The second-order valence-corrected chi connectivity index (χ2v) is 4.59. The molecule has 0 amide bonds. The number of phenols is 1. The maximum Gasteiger partial charge on any atom is 0.115 e. The molecule has 1 saturated carbocycles. The zero-order chi connectivity index (χ0) is 11.2. The van der Waals surface area contributed by atoms with Crippen LogP contribution in [0, 0.1) is 5.92 Å². The molecule has 1 fully saturated rings. The summed E-state index contributed by atoms with van der Waals surface area (Å²) in [5.74, 6) is 1.10. The molecule has 1 aliphatic rings. The third-order valence-electron chi connectivity index (χ3n) is 3.22. The van der Waals surface area contributed by atoms with Crippen molar-refractivity contribution < 1.29 is 5.11 Å². The van der Waals surface area contributed by atoms with Gasteiger partial charge in [-0.25, -0.2) is 0 Å². The first-order chi connectivity index (χ1) is 7.84. The Bertz CT molecular complexity index is 336. The highest BCUT2D eigenvalue weighted by atomic mass is 16.3. The van der Waals surface area contributed by atoms with Crippen LogP contribution in [-0.2, 0) is 0 Å². The lowest BCUT2D eigenvalue weighted by Crippen LogP contribution is -2.09. The van der Waals surface area contributed by atoms with Crippen LogP contribution in [0.3, 0.4) is 0 Å². The van der Waals surface area contributed by atoms with Crippen LogP contribution in [0.1, 0.15) is 37.7 Å². The topological polar surface area (TPSA) is 32.6 Å². The zero-order valence-electron chi connectivity index (χ0n) is 9.60. The van der Waals surface area contributed by atoms with E-state index in [0.29, 0.717) is 5.75 Å². The number of benzene rings is 1. The predicted octanol–water partition coefficient (Wildman–Crippen LogP) is 3.39. The first-order valence-corrected chi connectivity index (χ1v) is 6.13. The normalized spacial score (nSPS) is 18.0. The van der Waals surface area contributed by atoms with Gasteiger partial charge in [-0.3, -0.25) is 4.99 Å². The van der Waals surface area contributed by atoms with E-state index < -0.39 is 0 Å². The Morgan fingerprint density at radius 2 is 1.81 bits per heavy atom. The third kappa shape index (κ3) is 3.37. The van der Waals surface area contributed by atoms with Crippen molar-refractivity contribution in [2.45, 2.75) is 32.1 Å². The fraction of sp³-hybridized carbons (Fsp3) is 0.500. The Hall–Kier alpha value is -1.31. The van der Waals surface area contributed by atoms with Gasteiger partial charge in [0, 0.05) is 12.8 Å². The summed E-state index contributed by atoms with van der Waals surface area (Å²) in [7, 11) is 0. The van der Waals surface area contributed by atoms with Crippen molar-refractivity contribution in [2.24, 2.45) is 10.9 Å². The van der Waals surface area contributed by atoms with Crippen LogP contribution in [-0.4, -0.2) is 17.9 Å². The lowest BCUT2D eigenvalue weighted by molar-refractivity contribution is 0.367. The number of phenolic OH excluding ortho intramolecular Hbond substituents is 1. The van der Waals surface area contributed by atoms with E-state index in [1.54, 1.807) is 12.1 Å². The molecule has 0 aliphatic heterocycles. The van der Waals surface area contributed by atoms with E-state index in [4.69, 9.17) is 5.11 Å². The molecule has 2 rings (SSSR count). The van der Waals surface area contributed by atoms with Gasteiger partial charge in [0.25, 0.3) is 0 Å². The smallest absolute Gasteiger partial charge is 0.115 e. The lowest BCUT2D eigenvalue weighted by Gasteiger charge is -2.19. The van der Waals surface area contributed by atoms with Gasteiger partial charge in [0.1, 0.15) is 5.75 Å². The number of rotatable bonds is 3. The van der Waals surface area contributed by atoms with Crippen molar-refractivity contribution in [3.63, 3.8) is 0 Å². The van der Waals surface area contributed by atoms with E-state index in [0.717, 1.165) is 18.0 Å². The molecule has 86 valence electrons. The van der Waals surface area contributed by atoms with Gasteiger partial charge in [0.2, 0.25) is 0 Å². The molecule has 1 aromatic rings. The van der Waals surface area contributed by atoms with Crippen LogP contribution in [0.15, 0.2) is 29.3 Å². The summed E-state index contributed by atoms with van der Waals surface area (Å²) < 4.78 is 0. The molecule has 0 spiro atoms. The van der Waals surface area contributed by atoms with Gasteiger partial charge in [0.05, 0.1) is 0 Å². The fourth-order valence-electron chi connectivity index (χ4n) is 2.24. The highest BCUT2D eigenvalue weighted by Gasteiger charge is 2.11. The second kappa shape index (κ2) is 5.69. The average molecular weight is 217 g/mol. The van der Waals surface area contributed by atoms with E-state index in [2.05, 4.69) is 4.99 Å². The van der Waals surface area contributed by atoms with Crippen LogP contribution in [0.25, 0.3) is 0 Å². The van der Waals surface area contributed by atoms with Crippen LogP contribution in [0.2, 0.25) is 0 Å². The Morgan fingerprint density at radius 3 is 2.50 bits per heavy atom. The van der Waals surface area contributed by atoms with Crippen LogP contribution < -0.4 is 0 Å². The van der Waals surface area contributed by atoms with Crippen LogP contribution in [0.4, 0.5) is 0 Å². The van der Waals surface area contributed by atoms with E-state index in [1.807, 2.05) is 18.3 Å². The molecule has 0 aromatic heterocycles. The van der Waals surface area contributed by atoms with E-state index in [1.165, 1.54) is 32.1 Å². The minimum atomic E-state index is 0.310. The van der Waals surface area contributed by atoms with Gasteiger partial charge in [-0.1, -0.05) is 19.3 Å². The fourth-order valence-corrected chi connectivity index (χ4v) is 2.24. The molecule has 0 radical (unpaired) electrons. The van der Waals surface area contributed by atoms with Gasteiger partial charge in [0.15, 0.2) is 0 Å². The SMILES string of the molecule is Oc1ccc(C=NCC2CCCCC2)cc1. The van der Waals surface area contributed by atoms with Crippen molar-refractivity contribution >= 4 is 6.21 Å². The van der Waals surface area contributed by atoms with E-state index >= 15 is 0 Å². The molecule has 2 heteroatoms. The summed E-state index contributed by atoms with van der Waals surface area (Å²) in [6.45, 7) is 0.959. The summed E-state index contributed by atoms with van der Waals surface area (Å²) in [4.78, 5) is 4.49. The molecule has 0 saturated heterocycles. The average Bonchev–Trinajstić information content (AvgIpc) is 2.33. The second-order valence-electron chi connectivity index (χ2n) is 4.59. The monoisotopic (exact) mass is 217 g/mol. The van der Waals surface area contributed by atoms with Gasteiger partial charge in [-0.2, -0.15) is 0 Å². The number of hydrogen-bond acceptors (Lipinski definition) is 2. The third-order valence-corrected chi connectivity index (χ3v) is 3.22. The maximum atomic E-state index is 9.14. The lowest BCUT2D eigenvalue weighted by atomic mass is 9.89. The van der Waals surface area contributed by atoms with E-state index in [9.17, 15) is 0 Å². The van der Waals surface area contributed by atoms with Crippen molar-refractivity contribution in [1.82, 2.24) is 0 Å². The Morgan fingerprint density at radius 1 is 1.12 bits per heavy atom. The van der Waals surface area contributed by atoms with Crippen molar-refractivity contribution in [3.8, 4) is 5.75 Å². The number of aliphatic imine (C=N–C) groups is 1. The number of aromatic hydroxyl groups is 1. The highest BCUT2D eigenvalue weighted by Crippen LogP contribution is 2.23. The summed E-state index contributed by atoms with van der Waals surface area (Å²) in [6.07, 6.45) is 8.74. The predicted molar refractivity (Wildman–Crippen MR) is 67.1 cm³/mol. The maximum absolute atomic E-state index is 9.14. The molecular formula is C14H19NO. The first-order valence-electron chi connectivity index (χ1n) is 6.13. The molecule has 0 atom stereocenters. The Labute approximate surface area is 97.0 Å². The quantitative estimate of drug-likeness (QED) is 0.773. The zero-order valence-corrected chi connectivity index (χ0v) is 9.60. The molecule has 1 aromatic carbocycles. The van der Waals surface area contributed by atoms with Crippen molar-refractivity contribution in [1.29, 1.82) is 0 Å². The molecule has 1 N–H and O–H groups in total. The van der Waals surface area contributed by atoms with Gasteiger partial charge >= 0.3 is 0 Å². The molecule has 1 aliphatic carbocycles. The standard InChI is InChI=1S/C14H19NO/c16-14-8-6-13(7-9-14)11-15-10-12-4-2-1-3-5-12/h6-9,11-12,16H,1-5,10H2. The number of nitrogens with zero attached hydrogens (tertiary/aromatic N) is 1. The van der Waals surface area contributed by atoms with Crippen molar-refractivity contribution in [3.05, 3.63) is 29.8 Å². The van der Waals surface area contributed by atoms with Crippen LogP contribution >= 0.6 is 0 Å². The van der Waals surface area contributed by atoms with Crippen LogP contribution in [0.5, 0.6) is 5.75 Å². The van der Waals surface area contributed by atoms with E-state index in [-0.39, 0.29) is 0 Å². The minimum absolute atomic E-state index is 0.310. The number of hydrogen-bond donors (Lipinski definition) is 1. The first kappa shape index (κ1) is 11.2. The molecule has 0 unspecified atom stereocenters. The highest BCUT2D eigenvalue weighted by molar-refractivity contribution is 5.79. The largest absolute Gasteiger partial charge is 0.508 e. The Balaban J connectivity index is 1.82. The summed E-state index contributed by atoms with van der Waals surface area (Å²) in [5.41, 5.74) is 1.06. The molecule has 16 heavy (non-hydrogen) atoms. The van der Waals surface area contributed by atoms with Gasteiger partial charge in [-0.15, -0.1) is 0 Å². The minimum Gasteiger partial charge on any atom is -0.508 e. The van der Waals surface area contributed by atoms with Gasteiger partial charge < -0.3 is 5.11 Å². The van der Waals surface area contributed by atoms with Gasteiger partial charge in [-0.05, 0) is 48.6 Å². The Kier molecular flexibility index (Phi) is 3.97. The summed E-state index contributed by atoms with van der Waals surface area (Å²) >= 11 is 0. The van der Waals surface area contributed by atoms with Crippen molar-refractivity contribution in [2.75, 3.05) is 6.54 Å². The molecule has 0 heterocycles. The summed E-state index contributed by atoms with van der Waals surface area (Å²) in [5, 5.41) is 9.14. The molecular weight excluding hydrogens is 198 g/mol. The molecule has 2 nitrogen and oxygen atoms in total.